The van der Waals surface area contributed by atoms with Crippen molar-refractivity contribution >= 4 is 25.3 Å². The quantitative estimate of drug-likeness (QED) is 0.410. The van der Waals surface area contributed by atoms with Gasteiger partial charge in [-0.2, -0.15) is 25.3 Å². The molecule has 0 heterocycles. The van der Waals surface area contributed by atoms with E-state index in [0.29, 0.717) is 6.54 Å². The van der Waals surface area contributed by atoms with Gasteiger partial charge in [0.2, 0.25) is 0 Å². The van der Waals surface area contributed by atoms with Crippen LogP contribution in [0.4, 0.5) is 0 Å². The Morgan fingerprint density at radius 1 is 1.44 bits per heavy atom. The molecule has 0 aromatic rings. The SMILES string of the molecule is CN(C)CC(S)(S)CO. The molecule has 0 bridgehead atoms. The van der Waals surface area contributed by atoms with Gasteiger partial charge in [-0.3, -0.25) is 0 Å². The molecule has 0 atom stereocenters. The molecule has 0 spiro atoms. The van der Waals surface area contributed by atoms with Crippen LogP contribution in [-0.4, -0.2) is 41.3 Å². The molecular weight excluding hydrogens is 154 g/mol. The summed E-state index contributed by atoms with van der Waals surface area (Å²) in [5.74, 6) is 0. The van der Waals surface area contributed by atoms with E-state index in [9.17, 15) is 0 Å². The Bertz CT molecular complexity index is 85.0. The molecule has 0 saturated heterocycles. The van der Waals surface area contributed by atoms with Crippen molar-refractivity contribution in [2.24, 2.45) is 0 Å². The van der Waals surface area contributed by atoms with Crippen LogP contribution >= 0.6 is 25.3 Å². The molecule has 1 N–H and O–H groups in total. The van der Waals surface area contributed by atoms with Crippen LogP contribution in [0.15, 0.2) is 0 Å². The lowest BCUT2D eigenvalue weighted by Crippen LogP contribution is -2.33. The summed E-state index contributed by atoms with van der Waals surface area (Å²) in [5.41, 5.74) is 0. The zero-order valence-electron chi connectivity index (χ0n) is 5.70. The Morgan fingerprint density at radius 2 is 1.89 bits per heavy atom. The Morgan fingerprint density at radius 3 is 2.00 bits per heavy atom. The Hall–Kier alpha value is 0.620. The zero-order valence-corrected chi connectivity index (χ0v) is 7.49. The normalized spacial score (nSPS) is 12.7. The van der Waals surface area contributed by atoms with Crippen molar-refractivity contribution in [3.8, 4) is 0 Å². The molecule has 0 rings (SSSR count). The summed E-state index contributed by atoms with van der Waals surface area (Å²) >= 11 is 8.20. The number of nitrogens with zero attached hydrogens (tertiary/aromatic N) is 1. The first-order chi connectivity index (χ1) is 3.98. The van der Waals surface area contributed by atoms with Gasteiger partial charge < -0.3 is 10.0 Å². The van der Waals surface area contributed by atoms with Gasteiger partial charge in [0.05, 0.1) is 10.7 Å². The second kappa shape index (κ2) is 3.71. The third kappa shape index (κ3) is 5.08. The minimum Gasteiger partial charge on any atom is -0.394 e. The molecule has 0 aliphatic heterocycles. The number of aliphatic hydroxyl groups is 1. The van der Waals surface area contributed by atoms with Gasteiger partial charge in [-0.1, -0.05) is 0 Å². The zero-order chi connectivity index (χ0) is 7.49. The van der Waals surface area contributed by atoms with Crippen LogP contribution in [0, 0.1) is 0 Å². The van der Waals surface area contributed by atoms with Gasteiger partial charge in [-0.25, -0.2) is 0 Å². The van der Waals surface area contributed by atoms with Crippen molar-refractivity contribution in [2.75, 3.05) is 27.2 Å². The highest BCUT2D eigenvalue weighted by Gasteiger charge is 2.19. The molecule has 0 aromatic heterocycles. The molecule has 0 fully saturated rings. The molecule has 2 nitrogen and oxygen atoms in total. The lowest BCUT2D eigenvalue weighted by molar-refractivity contribution is 0.259. The minimum absolute atomic E-state index is 0.0165. The largest absolute Gasteiger partial charge is 0.394 e. The highest BCUT2D eigenvalue weighted by molar-refractivity contribution is 8.00. The van der Waals surface area contributed by atoms with Crippen molar-refractivity contribution in [3.63, 3.8) is 0 Å². The maximum atomic E-state index is 8.66. The van der Waals surface area contributed by atoms with Crippen LogP contribution in [0.25, 0.3) is 0 Å². The van der Waals surface area contributed by atoms with Gasteiger partial charge in [0, 0.05) is 6.54 Å². The van der Waals surface area contributed by atoms with Gasteiger partial charge in [-0.05, 0) is 14.1 Å². The van der Waals surface area contributed by atoms with E-state index in [-0.39, 0.29) is 6.61 Å². The predicted molar refractivity (Wildman–Crippen MR) is 46.3 cm³/mol. The van der Waals surface area contributed by atoms with E-state index >= 15 is 0 Å². The highest BCUT2D eigenvalue weighted by atomic mass is 32.2. The molecule has 0 aliphatic carbocycles. The first-order valence-corrected chi connectivity index (χ1v) is 3.58. The number of aliphatic hydroxyl groups excluding tert-OH is 1. The van der Waals surface area contributed by atoms with Gasteiger partial charge in [0.15, 0.2) is 0 Å². The number of hydrogen-bond donors (Lipinski definition) is 3. The fourth-order valence-electron chi connectivity index (χ4n) is 0.556. The van der Waals surface area contributed by atoms with Crippen molar-refractivity contribution < 1.29 is 5.11 Å². The van der Waals surface area contributed by atoms with E-state index in [2.05, 4.69) is 25.3 Å². The predicted octanol–water partition coefficient (Wildman–Crippen LogP) is 0.0962. The third-order valence-corrected chi connectivity index (χ3v) is 1.39. The maximum absolute atomic E-state index is 8.66. The van der Waals surface area contributed by atoms with Crippen molar-refractivity contribution in [1.82, 2.24) is 4.90 Å². The highest BCUT2D eigenvalue weighted by Crippen LogP contribution is 2.18. The van der Waals surface area contributed by atoms with Crippen LogP contribution in [0.2, 0.25) is 0 Å². The number of rotatable bonds is 3. The third-order valence-electron chi connectivity index (χ3n) is 0.823. The summed E-state index contributed by atoms with van der Waals surface area (Å²) < 4.78 is -0.566. The van der Waals surface area contributed by atoms with Crippen molar-refractivity contribution in [1.29, 1.82) is 0 Å². The molecule has 0 amide bonds. The van der Waals surface area contributed by atoms with E-state index < -0.39 is 4.08 Å². The lowest BCUT2D eigenvalue weighted by atomic mass is 10.4. The second-order valence-corrected chi connectivity index (χ2v) is 4.44. The molecule has 9 heavy (non-hydrogen) atoms. The van der Waals surface area contributed by atoms with Crippen LogP contribution in [0.1, 0.15) is 0 Å². The monoisotopic (exact) mass is 167 g/mol. The minimum atomic E-state index is -0.566. The summed E-state index contributed by atoms with van der Waals surface area (Å²) in [6.45, 7) is 0.646. The van der Waals surface area contributed by atoms with Crippen LogP contribution in [0.3, 0.4) is 0 Å². The fourth-order valence-corrected chi connectivity index (χ4v) is 1.12. The van der Waals surface area contributed by atoms with Gasteiger partial charge in [0.1, 0.15) is 0 Å². The maximum Gasteiger partial charge on any atom is 0.0909 e. The summed E-state index contributed by atoms with van der Waals surface area (Å²) in [7, 11) is 3.83. The molecule has 0 aliphatic rings. The van der Waals surface area contributed by atoms with Crippen molar-refractivity contribution in [2.45, 2.75) is 4.08 Å². The topological polar surface area (TPSA) is 23.5 Å². The average molecular weight is 167 g/mol. The van der Waals surface area contributed by atoms with Gasteiger partial charge in [-0.15, -0.1) is 0 Å². The lowest BCUT2D eigenvalue weighted by Gasteiger charge is -2.23. The summed E-state index contributed by atoms with van der Waals surface area (Å²) in [6, 6.07) is 0. The average Bonchev–Trinajstić information content (AvgIpc) is 1.63. The molecular formula is C5H13NOS2. The van der Waals surface area contributed by atoms with E-state index in [1.807, 2.05) is 19.0 Å². The standard InChI is InChI=1S/C5H13NOS2/c1-6(2)3-5(8,9)4-7/h7-9H,3-4H2,1-2H3. The fraction of sp³-hybridized carbons (Fsp3) is 1.00. The van der Waals surface area contributed by atoms with E-state index in [0.717, 1.165) is 0 Å². The Labute approximate surface area is 67.1 Å². The molecule has 56 valence electrons. The first-order valence-electron chi connectivity index (χ1n) is 2.68. The second-order valence-electron chi connectivity index (χ2n) is 2.38. The molecule has 0 saturated carbocycles. The van der Waals surface area contributed by atoms with Gasteiger partial charge in [0.25, 0.3) is 0 Å². The van der Waals surface area contributed by atoms with Crippen LogP contribution < -0.4 is 0 Å². The Balaban J connectivity index is 3.58. The number of thiol groups is 2. The summed E-state index contributed by atoms with van der Waals surface area (Å²) in [5, 5.41) is 8.66. The molecule has 0 radical (unpaired) electrons. The summed E-state index contributed by atoms with van der Waals surface area (Å²) in [6.07, 6.45) is 0. The van der Waals surface area contributed by atoms with E-state index in [4.69, 9.17) is 5.11 Å². The van der Waals surface area contributed by atoms with E-state index in [1.54, 1.807) is 0 Å². The molecule has 4 heteroatoms. The summed E-state index contributed by atoms with van der Waals surface area (Å²) in [4.78, 5) is 1.93. The molecule has 0 aromatic carbocycles. The molecule has 0 unspecified atom stereocenters. The number of hydrogen-bond acceptors (Lipinski definition) is 4. The Kier molecular flexibility index (Phi) is 3.96. The first kappa shape index (κ1) is 9.62. The van der Waals surface area contributed by atoms with Gasteiger partial charge >= 0.3 is 0 Å². The van der Waals surface area contributed by atoms with Crippen molar-refractivity contribution in [3.05, 3.63) is 0 Å². The van der Waals surface area contributed by atoms with E-state index in [1.165, 1.54) is 0 Å². The van der Waals surface area contributed by atoms with Crippen LogP contribution in [-0.2, 0) is 0 Å². The smallest absolute Gasteiger partial charge is 0.0909 e. The van der Waals surface area contributed by atoms with Crippen LogP contribution in [0.5, 0.6) is 0 Å².